The number of hydrogen-bond acceptors (Lipinski definition) is 5. The molecule has 1 aliphatic rings. The van der Waals surface area contributed by atoms with Gasteiger partial charge in [0, 0.05) is 0 Å². The molecule has 1 N–H and O–H groups in total. The summed E-state index contributed by atoms with van der Waals surface area (Å²) >= 11 is 0. The molecule has 1 aliphatic carbocycles. The number of rotatable bonds is 5. The van der Waals surface area contributed by atoms with E-state index >= 15 is 0 Å². The summed E-state index contributed by atoms with van der Waals surface area (Å²) in [5.74, 6) is -1.97. The SMILES string of the molecule is CCCCOC(=O)[C@@H]1CC(O)C[C@H]1C(=O)OC. The van der Waals surface area contributed by atoms with Crippen LogP contribution in [0.25, 0.3) is 0 Å². The fraction of sp³-hybridized carbons (Fsp3) is 0.833. The average molecular weight is 244 g/mol. The number of unbranched alkanes of at least 4 members (excludes halogenated alkanes) is 1. The summed E-state index contributed by atoms with van der Waals surface area (Å²) in [6.45, 7) is 2.38. The molecule has 0 radical (unpaired) electrons. The second-order valence-electron chi connectivity index (χ2n) is 4.38. The number of aliphatic hydroxyl groups excluding tert-OH is 1. The number of hydrogen-bond donors (Lipinski definition) is 1. The molecule has 0 aromatic rings. The van der Waals surface area contributed by atoms with Crippen molar-refractivity contribution in [3.63, 3.8) is 0 Å². The Balaban J connectivity index is 2.54. The van der Waals surface area contributed by atoms with E-state index in [1.54, 1.807) is 0 Å². The molecular formula is C12H20O5. The molecule has 1 unspecified atom stereocenters. The molecule has 0 aliphatic heterocycles. The lowest BCUT2D eigenvalue weighted by molar-refractivity contribution is -0.157. The Morgan fingerprint density at radius 1 is 1.24 bits per heavy atom. The first-order valence-corrected chi connectivity index (χ1v) is 6.02. The third-order valence-corrected chi connectivity index (χ3v) is 3.09. The molecule has 0 bridgehead atoms. The van der Waals surface area contributed by atoms with Crippen molar-refractivity contribution in [2.45, 2.75) is 38.7 Å². The van der Waals surface area contributed by atoms with Gasteiger partial charge in [0.1, 0.15) is 0 Å². The first-order valence-electron chi connectivity index (χ1n) is 6.02. The van der Waals surface area contributed by atoms with Crippen LogP contribution in [0.4, 0.5) is 0 Å². The molecular weight excluding hydrogens is 224 g/mol. The largest absolute Gasteiger partial charge is 0.469 e. The molecule has 0 aromatic carbocycles. The molecule has 0 amide bonds. The lowest BCUT2D eigenvalue weighted by Gasteiger charge is -2.15. The molecule has 1 fully saturated rings. The van der Waals surface area contributed by atoms with E-state index in [0.29, 0.717) is 6.61 Å². The van der Waals surface area contributed by atoms with Crippen molar-refractivity contribution in [2.24, 2.45) is 11.8 Å². The van der Waals surface area contributed by atoms with Crippen molar-refractivity contribution in [3.8, 4) is 0 Å². The highest BCUT2D eigenvalue weighted by molar-refractivity contribution is 5.82. The van der Waals surface area contributed by atoms with Gasteiger partial charge in [0.25, 0.3) is 0 Å². The van der Waals surface area contributed by atoms with Gasteiger partial charge in [-0.1, -0.05) is 13.3 Å². The van der Waals surface area contributed by atoms with E-state index in [2.05, 4.69) is 4.74 Å². The molecule has 98 valence electrons. The summed E-state index contributed by atoms with van der Waals surface area (Å²) in [7, 11) is 1.28. The van der Waals surface area contributed by atoms with Crippen molar-refractivity contribution in [3.05, 3.63) is 0 Å². The smallest absolute Gasteiger partial charge is 0.309 e. The minimum absolute atomic E-state index is 0.278. The van der Waals surface area contributed by atoms with Crippen LogP contribution < -0.4 is 0 Å². The fourth-order valence-electron chi connectivity index (χ4n) is 2.11. The average Bonchev–Trinajstić information content (AvgIpc) is 2.70. The Labute approximate surface area is 101 Å². The van der Waals surface area contributed by atoms with Gasteiger partial charge in [-0.05, 0) is 19.3 Å². The quantitative estimate of drug-likeness (QED) is 0.574. The second-order valence-corrected chi connectivity index (χ2v) is 4.38. The highest BCUT2D eigenvalue weighted by atomic mass is 16.5. The Hall–Kier alpha value is -1.10. The van der Waals surface area contributed by atoms with Gasteiger partial charge in [0.15, 0.2) is 0 Å². The molecule has 0 aromatic heterocycles. The minimum atomic E-state index is -0.622. The number of aliphatic hydroxyl groups is 1. The van der Waals surface area contributed by atoms with Crippen LogP contribution in [-0.2, 0) is 19.1 Å². The van der Waals surface area contributed by atoms with Crippen LogP contribution in [-0.4, -0.2) is 36.9 Å². The number of methoxy groups -OCH3 is 1. The zero-order valence-electron chi connectivity index (χ0n) is 10.3. The second kappa shape index (κ2) is 6.59. The Bertz CT molecular complexity index is 276. The number of ether oxygens (including phenoxy) is 2. The molecule has 0 saturated heterocycles. The van der Waals surface area contributed by atoms with Crippen molar-refractivity contribution in [1.82, 2.24) is 0 Å². The van der Waals surface area contributed by atoms with Crippen LogP contribution in [0.3, 0.4) is 0 Å². The van der Waals surface area contributed by atoms with Gasteiger partial charge in [0.2, 0.25) is 0 Å². The third-order valence-electron chi connectivity index (χ3n) is 3.09. The maximum absolute atomic E-state index is 11.8. The van der Waals surface area contributed by atoms with Crippen molar-refractivity contribution >= 4 is 11.9 Å². The first kappa shape index (κ1) is 14.0. The van der Waals surface area contributed by atoms with Crippen molar-refractivity contribution in [2.75, 3.05) is 13.7 Å². The number of esters is 2. The molecule has 0 heterocycles. The van der Waals surface area contributed by atoms with E-state index in [1.807, 2.05) is 6.92 Å². The van der Waals surface area contributed by atoms with Gasteiger partial charge in [-0.3, -0.25) is 9.59 Å². The molecule has 1 rings (SSSR count). The molecule has 17 heavy (non-hydrogen) atoms. The summed E-state index contributed by atoms with van der Waals surface area (Å²) in [4.78, 5) is 23.2. The maximum Gasteiger partial charge on any atom is 0.309 e. The maximum atomic E-state index is 11.8. The van der Waals surface area contributed by atoms with Crippen LogP contribution in [0, 0.1) is 11.8 Å². The minimum Gasteiger partial charge on any atom is -0.469 e. The molecule has 5 heteroatoms. The van der Waals surface area contributed by atoms with Crippen LogP contribution in [0.15, 0.2) is 0 Å². The van der Waals surface area contributed by atoms with Gasteiger partial charge in [0.05, 0.1) is 31.7 Å². The number of carbonyl (C=O) groups is 2. The predicted octanol–water partition coefficient (Wildman–Crippen LogP) is 0.890. The van der Waals surface area contributed by atoms with E-state index in [1.165, 1.54) is 7.11 Å². The van der Waals surface area contributed by atoms with Crippen molar-refractivity contribution < 1.29 is 24.2 Å². The van der Waals surface area contributed by atoms with Gasteiger partial charge in [-0.15, -0.1) is 0 Å². The van der Waals surface area contributed by atoms with Crippen molar-refractivity contribution in [1.29, 1.82) is 0 Å². The van der Waals surface area contributed by atoms with E-state index in [4.69, 9.17) is 4.74 Å². The van der Waals surface area contributed by atoms with Crippen LogP contribution in [0.1, 0.15) is 32.6 Å². The standard InChI is InChI=1S/C12H20O5/c1-3-4-5-17-12(15)10-7-8(13)6-9(10)11(14)16-2/h8-10,13H,3-7H2,1-2H3/t8?,9-,10-/m1/s1. The summed E-state index contributed by atoms with van der Waals surface area (Å²) in [5.41, 5.74) is 0. The van der Waals surface area contributed by atoms with E-state index in [0.717, 1.165) is 12.8 Å². The van der Waals surface area contributed by atoms with E-state index in [9.17, 15) is 14.7 Å². The first-order chi connectivity index (χ1) is 8.10. The zero-order valence-corrected chi connectivity index (χ0v) is 10.3. The summed E-state index contributed by atoms with van der Waals surface area (Å²) in [6, 6.07) is 0. The number of carbonyl (C=O) groups excluding carboxylic acids is 2. The normalized spacial score (nSPS) is 27.8. The van der Waals surface area contributed by atoms with Crippen LogP contribution >= 0.6 is 0 Å². The highest BCUT2D eigenvalue weighted by Crippen LogP contribution is 2.33. The highest BCUT2D eigenvalue weighted by Gasteiger charge is 2.43. The van der Waals surface area contributed by atoms with E-state index in [-0.39, 0.29) is 12.8 Å². The van der Waals surface area contributed by atoms with Gasteiger partial charge in [-0.25, -0.2) is 0 Å². The fourth-order valence-corrected chi connectivity index (χ4v) is 2.11. The lowest BCUT2D eigenvalue weighted by atomic mass is 9.96. The topological polar surface area (TPSA) is 72.8 Å². The van der Waals surface area contributed by atoms with Crippen LogP contribution in [0.5, 0.6) is 0 Å². The lowest BCUT2D eigenvalue weighted by Crippen LogP contribution is -2.28. The van der Waals surface area contributed by atoms with Crippen LogP contribution in [0.2, 0.25) is 0 Å². The third kappa shape index (κ3) is 3.70. The van der Waals surface area contributed by atoms with Gasteiger partial charge < -0.3 is 14.6 Å². The zero-order chi connectivity index (χ0) is 12.8. The Kier molecular flexibility index (Phi) is 5.41. The van der Waals surface area contributed by atoms with Gasteiger partial charge in [-0.2, -0.15) is 0 Å². The van der Waals surface area contributed by atoms with Gasteiger partial charge >= 0.3 is 11.9 Å². The molecule has 3 atom stereocenters. The molecule has 0 spiro atoms. The predicted molar refractivity (Wildman–Crippen MR) is 60.1 cm³/mol. The summed E-state index contributed by atoms with van der Waals surface area (Å²) in [5, 5.41) is 9.52. The molecule has 1 saturated carbocycles. The summed E-state index contributed by atoms with van der Waals surface area (Å²) < 4.78 is 9.71. The van der Waals surface area contributed by atoms with E-state index < -0.39 is 29.9 Å². The Morgan fingerprint density at radius 3 is 2.35 bits per heavy atom. The Morgan fingerprint density at radius 2 is 1.82 bits per heavy atom. The monoisotopic (exact) mass is 244 g/mol. The molecule has 5 nitrogen and oxygen atoms in total. The summed E-state index contributed by atoms with van der Waals surface area (Å²) in [6.07, 6.45) is 1.69.